The number of hydrogen-bond donors (Lipinski definition) is 1. The highest BCUT2D eigenvalue weighted by Crippen LogP contribution is 2.26. The normalized spacial score (nSPS) is 12.2. The fraction of sp³-hybridized carbons (Fsp3) is 0.250. The van der Waals surface area contributed by atoms with Gasteiger partial charge >= 0.3 is 0 Å². The fourth-order valence-electron chi connectivity index (χ4n) is 1.95. The van der Waals surface area contributed by atoms with E-state index >= 15 is 0 Å². The van der Waals surface area contributed by atoms with Crippen LogP contribution >= 0.6 is 15.9 Å². The van der Waals surface area contributed by atoms with Gasteiger partial charge in [-0.25, -0.2) is 0 Å². The molecule has 0 aromatic heterocycles. The van der Waals surface area contributed by atoms with Crippen LogP contribution in [0.15, 0.2) is 46.9 Å². The van der Waals surface area contributed by atoms with Gasteiger partial charge in [0.05, 0.1) is 0 Å². The molecule has 0 bridgehead atoms. The Morgan fingerprint density at radius 1 is 1.16 bits per heavy atom. The lowest BCUT2D eigenvalue weighted by atomic mass is 10.1. The quantitative estimate of drug-likeness (QED) is 0.919. The van der Waals surface area contributed by atoms with Crippen LogP contribution in [-0.4, -0.2) is 6.54 Å². The molecule has 2 nitrogen and oxygen atoms in total. The third-order valence-corrected chi connectivity index (χ3v) is 3.54. The van der Waals surface area contributed by atoms with Crippen molar-refractivity contribution in [2.45, 2.75) is 20.0 Å². The third-order valence-electron chi connectivity index (χ3n) is 3.05. The maximum absolute atomic E-state index is 6.07. The summed E-state index contributed by atoms with van der Waals surface area (Å²) in [5.41, 5.74) is 9.24. The van der Waals surface area contributed by atoms with Crippen LogP contribution in [-0.2, 0) is 0 Å². The van der Waals surface area contributed by atoms with Gasteiger partial charge in [0, 0.05) is 11.0 Å². The Hall–Kier alpha value is -1.32. The molecule has 2 rings (SSSR count). The van der Waals surface area contributed by atoms with Gasteiger partial charge in [-0.2, -0.15) is 0 Å². The summed E-state index contributed by atoms with van der Waals surface area (Å²) >= 11 is 3.47. The average molecular weight is 320 g/mol. The molecule has 0 saturated heterocycles. The predicted octanol–water partition coefficient (Wildman–Crippen LogP) is 4.14. The molecule has 1 atom stereocenters. The van der Waals surface area contributed by atoms with Crippen LogP contribution in [0.4, 0.5) is 0 Å². The number of benzene rings is 2. The molecule has 0 aliphatic rings. The summed E-state index contributed by atoms with van der Waals surface area (Å²) in [6, 6.07) is 14.3. The molecule has 0 fully saturated rings. The van der Waals surface area contributed by atoms with E-state index < -0.39 is 0 Å². The summed E-state index contributed by atoms with van der Waals surface area (Å²) in [6.07, 6.45) is -0.127. The van der Waals surface area contributed by atoms with Crippen molar-refractivity contribution in [3.8, 4) is 5.75 Å². The van der Waals surface area contributed by atoms with Crippen molar-refractivity contribution in [2.24, 2.45) is 5.73 Å². The first-order chi connectivity index (χ1) is 9.10. The van der Waals surface area contributed by atoms with Gasteiger partial charge in [0.1, 0.15) is 11.9 Å². The smallest absolute Gasteiger partial charge is 0.136 e. The van der Waals surface area contributed by atoms with Crippen molar-refractivity contribution in [1.82, 2.24) is 0 Å². The summed E-state index contributed by atoms with van der Waals surface area (Å²) in [6.45, 7) is 4.55. The number of ether oxygens (including phenoxy) is 1. The number of nitrogens with two attached hydrogens (primary N) is 1. The van der Waals surface area contributed by atoms with Gasteiger partial charge in [0.2, 0.25) is 0 Å². The van der Waals surface area contributed by atoms with E-state index in [0.29, 0.717) is 6.54 Å². The van der Waals surface area contributed by atoms with Crippen molar-refractivity contribution < 1.29 is 4.74 Å². The highest BCUT2D eigenvalue weighted by atomic mass is 79.9. The van der Waals surface area contributed by atoms with Crippen LogP contribution in [0, 0.1) is 13.8 Å². The highest BCUT2D eigenvalue weighted by Gasteiger charge is 2.13. The number of halogens is 1. The van der Waals surface area contributed by atoms with E-state index in [4.69, 9.17) is 10.5 Å². The first kappa shape index (κ1) is 14.1. The van der Waals surface area contributed by atoms with Crippen LogP contribution in [0.3, 0.4) is 0 Å². The van der Waals surface area contributed by atoms with Gasteiger partial charge in [0.15, 0.2) is 0 Å². The molecule has 19 heavy (non-hydrogen) atoms. The molecule has 0 radical (unpaired) electrons. The summed E-state index contributed by atoms with van der Waals surface area (Å²) in [7, 11) is 0. The van der Waals surface area contributed by atoms with Gasteiger partial charge in [0.25, 0.3) is 0 Å². The van der Waals surface area contributed by atoms with Gasteiger partial charge in [-0.3, -0.25) is 0 Å². The molecule has 0 aliphatic carbocycles. The molecule has 1 unspecified atom stereocenters. The van der Waals surface area contributed by atoms with Crippen molar-refractivity contribution in [3.63, 3.8) is 0 Å². The Morgan fingerprint density at radius 3 is 2.63 bits per heavy atom. The van der Waals surface area contributed by atoms with E-state index in [1.54, 1.807) is 0 Å². The van der Waals surface area contributed by atoms with E-state index in [2.05, 4.69) is 41.1 Å². The van der Waals surface area contributed by atoms with Gasteiger partial charge in [-0.15, -0.1) is 0 Å². The molecule has 0 heterocycles. The molecule has 3 heteroatoms. The van der Waals surface area contributed by atoms with Crippen LogP contribution in [0.25, 0.3) is 0 Å². The topological polar surface area (TPSA) is 35.2 Å². The second-order valence-electron chi connectivity index (χ2n) is 4.67. The van der Waals surface area contributed by atoms with Crippen molar-refractivity contribution in [2.75, 3.05) is 6.54 Å². The molecule has 0 amide bonds. The minimum absolute atomic E-state index is 0.127. The standard InChI is InChI=1S/C16H18BrNO/c1-11-6-7-12(2)15(8-11)19-16(10-18)13-4-3-5-14(17)9-13/h3-9,16H,10,18H2,1-2H3. The van der Waals surface area contributed by atoms with Crippen molar-refractivity contribution in [3.05, 3.63) is 63.6 Å². The minimum atomic E-state index is -0.127. The maximum atomic E-state index is 6.07. The first-order valence-corrected chi connectivity index (χ1v) is 7.09. The molecular formula is C16H18BrNO. The summed E-state index contributed by atoms with van der Waals surface area (Å²) in [5.74, 6) is 0.899. The zero-order chi connectivity index (χ0) is 13.8. The molecule has 2 aromatic carbocycles. The maximum Gasteiger partial charge on any atom is 0.136 e. The van der Waals surface area contributed by atoms with E-state index in [9.17, 15) is 0 Å². The Bertz CT molecular complexity index is 568. The number of hydrogen-bond acceptors (Lipinski definition) is 2. The monoisotopic (exact) mass is 319 g/mol. The predicted molar refractivity (Wildman–Crippen MR) is 82.5 cm³/mol. The first-order valence-electron chi connectivity index (χ1n) is 6.29. The Kier molecular flexibility index (Phi) is 4.61. The molecule has 2 N–H and O–H groups in total. The number of aryl methyl sites for hydroxylation is 2. The van der Waals surface area contributed by atoms with Crippen LogP contribution in [0.2, 0.25) is 0 Å². The zero-order valence-electron chi connectivity index (χ0n) is 11.2. The Labute approximate surface area is 122 Å². The van der Waals surface area contributed by atoms with Gasteiger partial charge in [-0.05, 0) is 48.7 Å². The second kappa shape index (κ2) is 6.22. The van der Waals surface area contributed by atoms with E-state index in [1.165, 1.54) is 5.56 Å². The SMILES string of the molecule is Cc1ccc(C)c(OC(CN)c2cccc(Br)c2)c1. The van der Waals surface area contributed by atoms with Gasteiger partial charge in [-0.1, -0.05) is 40.2 Å². The molecule has 0 spiro atoms. The minimum Gasteiger partial charge on any atom is -0.484 e. The van der Waals surface area contributed by atoms with Crippen molar-refractivity contribution >= 4 is 15.9 Å². The fourth-order valence-corrected chi connectivity index (χ4v) is 2.36. The van der Waals surface area contributed by atoms with Crippen molar-refractivity contribution in [1.29, 1.82) is 0 Å². The van der Waals surface area contributed by atoms with Crippen LogP contribution in [0.1, 0.15) is 22.8 Å². The van der Waals surface area contributed by atoms with Crippen LogP contribution in [0.5, 0.6) is 5.75 Å². The lowest BCUT2D eigenvalue weighted by Crippen LogP contribution is -2.18. The lowest BCUT2D eigenvalue weighted by Gasteiger charge is -2.20. The molecule has 100 valence electrons. The Morgan fingerprint density at radius 2 is 1.95 bits per heavy atom. The largest absolute Gasteiger partial charge is 0.484 e. The molecule has 0 saturated carbocycles. The average Bonchev–Trinajstić information content (AvgIpc) is 2.39. The van der Waals surface area contributed by atoms with E-state index in [1.807, 2.05) is 31.2 Å². The molecular weight excluding hydrogens is 302 g/mol. The van der Waals surface area contributed by atoms with Gasteiger partial charge < -0.3 is 10.5 Å². The van der Waals surface area contributed by atoms with E-state index in [0.717, 1.165) is 21.3 Å². The summed E-state index contributed by atoms with van der Waals surface area (Å²) in [4.78, 5) is 0. The molecule has 2 aromatic rings. The summed E-state index contributed by atoms with van der Waals surface area (Å²) in [5, 5.41) is 0. The lowest BCUT2D eigenvalue weighted by molar-refractivity contribution is 0.212. The zero-order valence-corrected chi connectivity index (χ0v) is 12.8. The molecule has 0 aliphatic heterocycles. The Balaban J connectivity index is 2.26. The summed E-state index contributed by atoms with van der Waals surface area (Å²) < 4.78 is 7.11. The third kappa shape index (κ3) is 3.58. The van der Waals surface area contributed by atoms with E-state index in [-0.39, 0.29) is 6.10 Å². The second-order valence-corrected chi connectivity index (χ2v) is 5.58. The number of rotatable bonds is 4. The highest BCUT2D eigenvalue weighted by molar-refractivity contribution is 9.10. The van der Waals surface area contributed by atoms with Crippen LogP contribution < -0.4 is 10.5 Å².